The predicted octanol–water partition coefficient (Wildman–Crippen LogP) is 5.01. The molecule has 0 bridgehead atoms. The van der Waals surface area contributed by atoms with E-state index in [0.29, 0.717) is 34.1 Å². The second-order valence-electron chi connectivity index (χ2n) is 7.91. The highest BCUT2D eigenvalue weighted by atomic mass is 35.5. The molecular weight excluding hydrogens is 386 g/mol. The minimum absolute atomic E-state index is 0.127. The number of nitrogens with zero attached hydrogens (tertiary/aromatic N) is 2. The molecule has 2 aromatic carbocycles. The predicted molar refractivity (Wildman–Crippen MR) is 120 cm³/mol. The Kier molecular flexibility index (Phi) is 6.60. The van der Waals surface area contributed by atoms with Crippen LogP contribution in [0, 0.1) is 6.92 Å². The van der Waals surface area contributed by atoms with E-state index in [1.807, 2.05) is 44.4 Å². The quantitative estimate of drug-likeness (QED) is 0.553. The van der Waals surface area contributed by atoms with Crippen molar-refractivity contribution in [1.82, 2.24) is 14.9 Å². The highest BCUT2D eigenvalue weighted by molar-refractivity contribution is 6.32. The summed E-state index contributed by atoms with van der Waals surface area (Å²) in [6.45, 7) is 7.62. The van der Waals surface area contributed by atoms with Gasteiger partial charge >= 0.3 is 0 Å². The number of H-pyrrole nitrogens is 1. The van der Waals surface area contributed by atoms with Crippen molar-refractivity contribution in [1.29, 1.82) is 0 Å². The van der Waals surface area contributed by atoms with Crippen LogP contribution < -0.4 is 10.3 Å². The van der Waals surface area contributed by atoms with Crippen LogP contribution in [0.4, 0.5) is 0 Å². The van der Waals surface area contributed by atoms with Crippen LogP contribution in [0.25, 0.3) is 22.0 Å². The molecule has 29 heavy (non-hydrogen) atoms. The Bertz CT molecular complexity index is 1070. The molecule has 1 heterocycles. The van der Waals surface area contributed by atoms with Crippen molar-refractivity contribution in [2.45, 2.75) is 33.1 Å². The van der Waals surface area contributed by atoms with Crippen molar-refractivity contribution in [3.05, 3.63) is 57.1 Å². The second kappa shape index (κ2) is 8.97. The topological polar surface area (TPSA) is 58.2 Å². The van der Waals surface area contributed by atoms with Gasteiger partial charge in [0.15, 0.2) is 0 Å². The summed E-state index contributed by atoms with van der Waals surface area (Å²) < 4.78 is 5.94. The molecule has 0 saturated heterocycles. The molecule has 5 nitrogen and oxygen atoms in total. The molecule has 3 rings (SSSR count). The molecular formula is C23H28ClN3O2. The van der Waals surface area contributed by atoms with Crippen LogP contribution in [0.1, 0.15) is 37.6 Å². The van der Waals surface area contributed by atoms with Gasteiger partial charge in [-0.1, -0.05) is 31.5 Å². The first kappa shape index (κ1) is 21.3. The van der Waals surface area contributed by atoms with Gasteiger partial charge in [0.2, 0.25) is 0 Å². The molecule has 0 radical (unpaired) electrons. The van der Waals surface area contributed by atoms with E-state index in [9.17, 15) is 4.79 Å². The fourth-order valence-electron chi connectivity index (χ4n) is 3.39. The number of fused-ring (bicyclic) bond motifs is 1. The minimum Gasteiger partial charge on any atom is -0.492 e. The summed E-state index contributed by atoms with van der Waals surface area (Å²) >= 11 is 6.36. The summed E-state index contributed by atoms with van der Waals surface area (Å²) in [5, 5.41) is 1.17. The first-order valence-corrected chi connectivity index (χ1v) is 10.3. The van der Waals surface area contributed by atoms with Crippen LogP contribution in [0.3, 0.4) is 0 Å². The summed E-state index contributed by atoms with van der Waals surface area (Å²) in [6, 6.07) is 9.72. The van der Waals surface area contributed by atoms with E-state index >= 15 is 0 Å². The molecule has 0 amide bonds. The maximum Gasteiger partial charge on any atom is 0.258 e. The van der Waals surface area contributed by atoms with Gasteiger partial charge in [0.05, 0.1) is 22.5 Å². The number of halogens is 1. The van der Waals surface area contributed by atoms with Gasteiger partial charge in [0, 0.05) is 6.54 Å². The van der Waals surface area contributed by atoms with Crippen molar-refractivity contribution in [2.24, 2.45) is 0 Å². The van der Waals surface area contributed by atoms with Crippen molar-refractivity contribution in [2.75, 3.05) is 27.2 Å². The number of aromatic amines is 1. The van der Waals surface area contributed by atoms with E-state index in [-0.39, 0.29) is 11.5 Å². The fraction of sp³-hybridized carbons (Fsp3) is 0.391. The van der Waals surface area contributed by atoms with Gasteiger partial charge in [-0.25, -0.2) is 4.98 Å². The third kappa shape index (κ3) is 4.98. The van der Waals surface area contributed by atoms with Crippen LogP contribution in [-0.2, 0) is 0 Å². The molecule has 0 aliphatic rings. The lowest BCUT2D eigenvalue weighted by molar-refractivity contribution is 0.282. The molecule has 6 heteroatoms. The molecule has 0 spiro atoms. The van der Waals surface area contributed by atoms with E-state index in [2.05, 4.69) is 28.7 Å². The van der Waals surface area contributed by atoms with Gasteiger partial charge in [-0.3, -0.25) is 4.79 Å². The van der Waals surface area contributed by atoms with E-state index < -0.39 is 0 Å². The zero-order chi connectivity index (χ0) is 21.1. The molecule has 3 aromatic rings. The molecule has 0 atom stereocenters. The summed E-state index contributed by atoms with van der Waals surface area (Å²) in [6.07, 6.45) is 0.918. The number of aryl methyl sites for hydroxylation is 1. The Balaban J connectivity index is 2.04. The van der Waals surface area contributed by atoms with E-state index in [4.69, 9.17) is 16.3 Å². The van der Waals surface area contributed by atoms with Gasteiger partial charge in [0.1, 0.15) is 11.6 Å². The number of nitrogens with one attached hydrogen (secondary N) is 1. The Morgan fingerprint density at radius 3 is 2.66 bits per heavy atom. The fourth-order valence-corrected chi connectivity index (χ4v) is 3.56. The van der Waals surface area contributed by atoms with Crippen molar-refractivity contribution < 1.29 is 4.74 Å². The maximum absolute atomic E-state index is 12.5. The van der Waals surface area contributed by atoms with Gasteiger partial charge in [-0.2, -0.15) is 0 Å². The number of hydrogen-bond acceptors (Lipinski definition) is 4. The Labute approximate surface area is 176 Å². The zero-order valence-electron chi connectivity index (χ0n) is 17.7. The minimum atomic E-state index is -0.127. The van der Waals surface area contributed by atoms with Crippen LogP contribution >= 0.6 is 11.6 Å². The Hall–Kier alpha value is -2.37. The molecule has 0 aliphatic carbocycles. The van der Waals surface area contributed by atoms with Crippen molar-refractivity contribution >= 4 is 22.5 Å². The first-order valence-electron chi connectivity index (χ1n) is 9.88. The van der Waals surface area contributed by atoms with E-state index in [1.54, 1.807) is 6.92 Å². The number of benzene rings is 2. The third-order valence-corrected chi connectivity index (χ3v) is 5.18. The second-order valence-corrected chi connectivity index (χ2v) is 8.32. The first-order chi connectivity index (χ1) is 13.8. The standard InChI is InChI=1S/C23H28ClN3O2/c1-14(2)17-13-21-19(23(28)26-15(3)25-21)12-18(17)16-7-8-20(24)22(11-16)29-10-6-9-27(4)5/h7-8,11-14H,6,9-10H2,1-5H3,(H,25,26,28). The van der Waals surface area contributed by atoms with E-state index in [1.165, 1.54) is 0 Å². The van der Waals surface area contributed by atoms with Crippen LogP contribution in [0.5, 0.6) is 5.75 Å². The summed E-state index contributed by atoms with van der Waals surface area (Å²) in [5.74, 6) is 1.55. The maximum atomic E-state index is 12.5. The summed E-state index contributed by atoms with van der Waals surface area (Å²) in [7, 11) is 4.08. The number of rotatable bonds is 7. The monoisotopic (exact) mass is 413 g/mol. The van der Waals surface area contributed by atoms with Gasteiger partial charge in [-0.15, -0.1) is 0 Å². The number of ether oxygens (including phenoxy) is 1. The smallest absolute Gasteiger partial charge is 0.258 e. The SMILES string of the molecule is Cc1nc2cc(C(C)C)c(-c3ccc(Cl)c(OCCCN(C)C)c3)cc2c(=O)[nH]1. The molecule has 1 aromatic heterocycles. The lowest BCUT2D eigenvalue weighted by Crippen LogP contribution is -2.15. The number of aromatic nitrogens is 2. The van der Waals surface area contributed by atoms with Gasteiger partial charge in [-0.05, 0) is 74.3 Å². The van der Waals surface area contributed by atoms with Crippen LogP contribution in [0.2, 0.25) is 5.02 Å². The van der Waals surface area contributed by atoms with Gasteiger partial charge in [0.25, 0.3) is 5.56 Å². The van der Waals surface area contributed by atoms with Crippen molar-refractivity contribution in [3.63, 3.8) is 0 Å². The lowest BCUT2D eigenvalue weighted by Gasteiger charge is -2.16. The average Bonchev–Trinajstić information content (AvgIpc) is 2.65. The average molecular weight is 414 g/mol. The Morgan fingerprint density at radius 2 is 1.97 bits per heavy atom. The summed E-state index contributed by atoms with van der Waals surface area (Å²) in [4.78, 5) is 21.9. The lowest BCUT2D eigenvalue weighted by atomic mass is 9.91. The highest BCUT2D eigenvalue weighted by Gasteiger charge is 2.15. The van der Waals surface area contributed by atoms with E-state index in [0.717, 1.165) is 29.7 Å². The largest absolute Gasteiger partial charge is 0.492 e. The number of hydrogen-bond donors (Lipinski definition) is 1. The van der Waals surface area contributed by atoms with Crippen molar-refractivity contribution in [3.8, 4) is 16.9 Å². The highest BCUT2D eigenvalue weighted by Crippen LogP contribution is 2.36. The van der Waals surface area contributed by atoms with Gasteiger partial charge < -0.3 is 14.6 Å². The van der Waals surface area contributed by atoms with Crippen LogP contribution in [0.15, 0.2) is 35.1 Å². The Morgan fingerprint density at radius 1 is 1.21 bits per heavy atom. The molecule has 154 valence electrons. The molecule has 0 fully saturated rings. The third-order valence-electron chi connectivity index (χ3n) is 4.87. The summed E-state index contributed by atoms with van der Waals surface area (Å²) in [5.41, 5.74) is 3.70. The molecule has 0 aliphatic heterocycles. The zero-order valence-corrected chi connectivity index (χ0v) is 18.4. The van der Waals surface area contributed by atoms with Crippen LogP contribution in [-0.4, -0.2) is 42.1 Å². The normalized spacial score (nSPS) is 11.6. The molecule has 1 N–H and O–H groups in total. The molecule has 0 saturated carbocycles. The molecule has 0 unspecified atom stereocenters.